The van der Waals surface area contributed by atoms with E-state index in [-0.39, 0.29) is 67.5 Å². The molecule has 34 heavy (non-hydrogen) atoms. The van der Waals surface area contributed by atoms with Crippen LogP contribution < -0.4 is 0 Å². The quantitative estimate of drug-likeness (QED) is 0.127. The van der Waals surface area contributed by atoms with Crippen molar-refractivity contribution in [2.45, 2.75) is 12.2 Å². The van der Waals surface area contributed by atoms with E-state index in [1.54, 1.807) is 0 Å². The molecule has 0 spiro atoms. The van der Waals surface area contributed by atoms with E-state index in [1.807, 2.05) is 0 Å². The summed E-state index contributed by atoms with van der Waals surface area (Å²) in [6, 6.07) is 2.00. The topological polar surface area (TPSA) is 160 Å². The molecule has 0 aromatic heterocycles. The minimum Gasteiger partial charge on any atom is -0.498 e. The number of carbonyl (C=O) groups is 4. The van der Waals surface area contributed by atoms with E-state index in [2.05, 4.69) is 6.58 Å². The van der Waals surface area contributed by atoms with Crippen molar-refractivity contribution in [1.82, 2.24) is 0 Å². The van der Waals surface area contributed by atoms with Crippen molar-refractivity contribution in [2.75, 3.05) is 52.9 Å². The van der Waals surface area contributed by atoms with Crippen LogP contribution in [0.3, 0.4) is 0 Å². The first-order valence-electron chi connectivity index (χ1n) is 10.4. The molecule has 2 fully saturated rings. The predicted octanol–water partition coefficient (Wildman–Crippen LogP) is 0.264. The Bertz CT molecular complexity index is 932. The average Bonchev–Trinajstić information content (AvgIpc) is 3.76. The number of aliphatic hydroxyl groups excluding tert-OH is 1. The van der Waals surface area contributed by atoms with Gasteiger partial charge in [-0.25, -0.2) is 19.2 Å². The molecule has 2 saturated heterocycles. The molecular weight excluding hydrogens is 456 g/mol. The monoisotopic (exact) mass is 480 g/mol. The van der Waals surface area contributed by atoms with Gasteiger partial charge in [0.15, 0.2) is 0 Å². The molecule has 2 unspecified atom stereocenters. The fourth-order valence-corrected chi connectivity index (χ4v) is 2.66. The molecule has 0 amide bonds. The van der Waals surface area contributed by atoms with Crippen LogP contribution in [0.2, 0.25) is 0 Å². The Hall–Kier alpha value is -3.48. The van der Waals surface area contributed by atoms with Gasteiger partial charge in [0, 0.05) is 0 Å². The fourth-order valence-electron chi connectivity index (χ4n) is 2.66. The SMILES string of the molecule is C=COCCOC(=O)c1cc(C(=O)OCC2CO2)c(C(=O)OCC2CO2)cc1C(=O)OCCO. The fraction of sp³-hybridized carbons (Fsp3) is 0.455. The molecule has 2 aliphatic rings. The third-order valence-corrected chi connectivity index (χ3v) is 4.52. The Balaban J connectivity index is 1.93. The Labute approximate surface area is 194 Å². The van der Waals surface area contributed by atoms with Crippen LogP contribution in [0, 0.1) is 0 Å². The van der Waals surface area contributed by atoms with Crippen molar-refractivity contribution in [3.05, 3.63) is 47.2 Å². The van der Waals surface area contributed by atoms with Gasteiger partial charge in [-0.15, -0.1) is 0 Å². The number of carbonyl (C=O) groups excluding carboxylic acids is 4. The van der Waals surface area contributed by atoms with Crippen LogP contribution in [0.4, 0.5) is 0 Å². The summed E-state index contributed by atoms with van der Waals surface area (Å²) in [5, 5.41) is 8.96. The lowest BCUT2D eigenvalue weighted by Crippen LogP contribution is -2.22. The number of epoxide rings is 2. The highest BCUT2D eigenvalue weighted by atomic mass is 16.6. The normalized spacial score (nSPS) is 17.8. The van der Waals surface area contributed by atoms with Gasteiger partial charge in [-0.05, 0) is 12.1 Å². The number of hydrogen-bond donors (Lipinski definition) is 1. The number of benzene rings is 1. The first-order chi connectivity index (χ1) is 16.4. The smallest absolute Gasteiger partial charge is 0.339 e. The van der Waals surface area contributed by atoms with Gasteiger partial charge < -0.3 is 38.3 Å². The van der Waals surface area contributed by atoms with Gasteiger partial charge in [0.1, 0.15) is 45.2 Å². The molecule has 12 nitrogen and oxygen atoms in total. The molecule has 0 aliphatic carbocycles. The summed E-state index contributed by atoms with van der Waals surface area (Å²) in [7, 11) is 0. The van der Waals surface area contributed by atoms with Crippen LogP contribution in [-0.2, 0) is 33.2 Å². The van der Waals surface area contributed by atoms with Gasteiger partial charge >= 0.3 is 23.9 Å². The van der Waals surface area contributed by atoms with Gasteiger partial charge in [0.05, 0.1) is 48.3 Å². The summed E-state index contributed by atoms with van der Waals surface area (Å²) in [5.74, 6) is -3.85. The molecule has 2 aliphatic heterocycles. The number of rotatable bonds is 14. The maximum atomic E-state index is 12.7. The summed E-state index contributed by atoms with van der Waals surface area (Å²) in [4.78, 5) is 50.7. The van der Waals surface area contributed by atoms with Crippen LogP contribution in [0.5, 0.6) is 0 Å². The zero-order valence-electron chi connectivity index (χ0n) is 18.2. The molecule has 2 atom stereocenters. The third kappa shape index (κ3) is 7.27. The number of esters is 4. The van der Waals surface area contributed by atoms with Crippen LogP contribution >= 0.6 is 0 Å². The molecule has 1 aromatic rings. The van der Waals surface area contributed by atoms with Gasteiger partial charge in [-0.3, -0.25) is 0 Å². The molecular formula is C22H24O12. The van der Waals surface area contributed by atoms with Crippen molar-refractivity contribution < 1.29 is 57.4 Å². The molecule has 2 heterocycles. The highest BCUT2D eigenvalue weighted by Gasteiger charge is 2.32. The van der Waals surface area contributed by atoms with E-state index < -0.39 is 30.5 Å². The van der Waals surface area contributed by atoms with Crippen LogP contribution in [-0.4, -0.2) is 94.0 Å². The predicted molar refractivity (Wildman–Crippen MR) is 110 cm³/mol. The van der Waals surface area contributed by atoms with E-state index in [0.29, 0.717) is 13.2 Å². The van der Waals surface area contributed by atoms with E-state index >= 15 is 0 Å². The Morgan fingerprint density at radius 3 is 1.59 bits per heavy atom. The zero-order valence-corrected chi connectivity index (χ0v) is 18.2. The lowest BCUT2D eigenvalue weighted by atomic mass is 9.98. The van der Waals surface area contributed by atoms with E-state index in [1.165, 1.54) is 0 Å². The lowest BCUT2D eigenvalue weighted by molar-refractivity contribution is 0.0378. The summed E-state index contributed by atoms with van der Waals surface area (Å²) in [6.07, 6.45) is 0.678. The summed E-state index contributed by atoms with van der Waals surface area (Å²) >= 11 is 0. The van der Waals surface area contributed by atoms with Crippen molar-refractivity contribution in [1.29, 1.82) is 0 Å². The second-order valence-electron chi connectivity index (χ2n) is 7.08. The number of hydrogen-bond acceptors (Lipinski definition) is 12. The largest absolute Gasteiger partial charge is 0.498 e. The second kappa shape index (κ2) is 12.1. The summed E-state index contributed by atoms with van der Waals surface area (Å²) in [6.45, 7) is 3.13. The van der Waals surface area contributed by atoms with Crippen LogP contribution in [0.25, 0.3) is 0 Å². The molecule has 0 saturated carbocycles. The van der Waals surface area contributed by atoms with Gasteiger partial charge in [-0.2, -0.15) is 0 Å². The highest BCUT2D eigenvalue weighted by molar-refractivity contribution is 6.10. The summed E-state index contributed by atoms with van der Waals surface area (Å²) in [5.41, 5.74) is -1.33. The van der Waals surface area contributed by atoms with Crippen molar-refractivity contribution >= 4 is 23.9 Å². The highest BCUT2D eigenvalue weighted by Crippen LogP contribution is 2.23. The molecule has 1 N–H and O–H groups in total. The molecule has 3 rings (SSSR count). The van der Waals surface area contributed by atoms with Gasteiger partial charge in [-0.1, -0.05) is 6.58 Å². The Morgan fingerprint density at radius 2 is 1.21 bits per heavy atom. The Morgan fingerprint density at radius 1 is 0.794 bits per heavy atom. The average molecular weight is 480 g/mol. The maximum absolute atomic E-state index is 12.7. The third-order valence-electron chi connectivity index (χ3n) is 4.52. The first kappa shape index (κ1) is 25.1. The molecule has 0 bridgehead atoms. The maximum Gasteiger partial charge on any atom is 0.339 e. The van der Waals surface area contributed by atoms with Crippen molar-refractivity contribution in [3.8, 4) is 0 Å². The Kier molecular flexibility index (Phi) is 8.96. The van der Waals surface area contributed by atoms with Gasteiger partial charge in [0.25, 0.3) is 0 Å². The number of aliphatic hydroxyl groups is 1. The minimum absolute atomic E-state index is 0.00344. The summed E-state index contributed by atoms with van der Waals surface area (Å²) < 4.78 is 35.2. The molecule has 0 radical (unpaired) electrons. The minimum atomic E-state index is -1.02. The van der Waals surface area contributed by atoms with E-state index in [0.717, 1.165) is 18.4 Å². The molecule has 184 valence electrons. The van der Waals surface area contributed by atoms with Crippen molar-refractivity contribution in [2.24, 2.45) is 0 Å². The zero-order chi connectivity index (χ0) is 24.5. The van der Waals surface area contributed by atoms with Gasteiger partial charge in [0.2, 0.25) is 0 Å². The number of ether oxygens (including phenoxy) is 7. The second-order valence-corrected chi connectivity index (χ2v) is 7.08. The molecule has 12 heteroatoms. The van der Waals surface area contributed by atoms with E-state index in [9.17, 15) is 19.2 Å². The van der Waals surface area contributed by atoms with Crippen LogP contribution in [0.15, 0.2) is 25.0 Å². The van der Waals surface area contributed by atoms with Crippen LogP contribution in [0.1, 0.15) is 41.4 Å². The van der Waals surface area contributed by atoms with E-state index in [4.69, 9.17) is 38.3 Å². The van der Waals surface area contributed by atoms with Crippen molar-refractivity contribution in [3.63, 3.8) is 0 Å². The lowest BCUT2D eigenvalue weighted by Gasteiger charge is -2.15. The standard InChI is InChI=1S/C22H24O12/c1-2-28-5-6-30-20(25)16-8-18(22(27)34-12-14-10-32-14)17(21(26)33-11-13-9-31-13)7-15(16)19(24)29-4-3-23/h2,7-8,13-14,23H,1,3-6,9-12H2. The first-order valence-corrected chi connectivity index (χ1v) is 10.4. The molecule has 1 aromatic carbocycles.